The summed E-state index contributed by atoms with van der Waals surface area (Å²) in [5.74, 6) is -1.04. The molecule has 0 saturated carbocycles. The Kier molecular flexibility index (Phi) is 9.00. The lowest BCUT2D eigenvalue weighted by molar-refractivity contribution is -0.139. The number of rotatable bonds is 11. The van der Waals surface area contributed by atoms with Gasteiger partial charge in [-0.05, 0) is 18.8 Å². The van der Waals surface area contributed by atoms with E-state index in [0.29, 0.717) is 25.2 Å². The summed E-state index contributed by atoms with van der Waals surface area (Å²) >= 11 is 0. The van der Waals surface area contributed by atoms with E-state index in [1.807, 2.05) is 20.8 Å². The molecule has 0 aliphatic rings. The molecule has 0 aromatic carbocycles. The maximum Gasteiger partial charge on any atom is 0.321 e. The van der Waals surface area contributed by atoms with E-state index >= 15 is 0 Å². The van der Waals surface area contributed by atoms with Crippen LogP contribution in [0.3, 0.4) is 0 Å². The van der Waals surface area contributed by atoms with Crippen molar-refractivity contribution >= 4 is 16.0 Å². The molecular weight excluding hydrogens is 282 g/mol. The minimum atomic E-state index is -3.67. The summed E-state index contributed by atoms with van der Waals surface area (Å²) in [6, 6.07) is -1.06. The molecule has 2 atom stereocenters. The minimum Gasteiger partial charge on any atom is -0.480 e. The van der Waals surface area contributed by atoms with E-state index in [1.165, 1.54) is 7.11 Å². The number of ether oxygens (including phenoxy) is 1. The smallest absolute Gasteiger partial charge is 0.321 e. The van der Waals surface area contributed by atoms with Crippen LogP contribution in [0.5, 0.6) is 0 Å². The van der Waals surface area contributed by atoms with Crippen molar-refractivity contribution in [2.45, 2.75) is 58.6 Å². The Balaban J connectivity index is 4.64. The standard InChI is InChI=1S/C13H27NO5S/c1-5-6-7-12(13(15)16)14-20(17,18)9-11(19-4)8-10(2)3/h10-12,14H,5-9H2,1-4H3,(H,15,16). The molecule has 0 spiro atoms. The Morgan fingerprint density at radius 2 is 1.95 bits per heavy atom. The zero-order chi connectivity index (χ0) is 15.8. The molecule has 6 nitrogen and oxygen atoms in total. The first-order valence-corrected chi connectivity index (χ1v) is 8.62. The van der Waals surface area contributed by atoms with Gasteiger partial charge in [0.2, 0.25) is 10.0 Å². The number of hydrogen-bond donors (Lipinski definition) is 2. The molecule has 20 heavy (non-hydrogen) atoms. The van der Waals surface area contributed by atoms with E-state index in [4.69, 9.17) is 9.84 Å². The SMILES string of the molecule is CCCCC(NS(=O)(=O)CC(CC(C)C)OC)C(=O)O. The van der Waals surface area contributed by atoms with Gasteiger partial charge in [0, 0.05) is 7.11 Å². The fraction of sp³-hybridized carbons (Fsp3) is 0.923. The number of aliphatic carboxylic acids is 1. The van der Waals surface area contributed by atoms with Gasteiger partial charge in [-0.25, -0.2) is 13.1 Å². The Bertz CT molecular complexity index is 380. The largest absolute Gasteiger partial charge is 0.480 e. The Labute approximate surface area is 121 Å². The third-order valence-corrected chi connectivity index (χ3v) is 4.39. The minimum absolute atomic E-state index is 0.211. The molecule has 7 heteroatoms. The van der Waals surface area contributed by atoms with Crippen LogP contribution in [-0.2, 0) is 19.6 Å². The summed E-state index contributed by atoms with van der Waals surface area (Å²) in [6.07, 6.45) is 1.98. The van der Waals surface area contributed by atoms with Crippen molar-refractivity contribution < 1.29 is 23.1 Å². The molecule has 2 unspecified atom stereocenters. The second-order valence-electron chi connectivity index (χ2n) is 5.42. The molecular formula is C13H27NO5S. The van der Waals surface area contributed by atoms with Gasteiger partial charge in [0.25, 0.3) is 0 Å². The van der Waals surface area contributed by atoms with Gasteiger partial charge >= 0.3 is 5.97 Å². The van der Waals surface area contributed by atoms with Crippen molar-refractivity contribution in [2.75, 3.05) is 12.9 Å². The third-order valence-electron chi connectivity index (χ3n) is 2.94. The molecule has 0 aliphatic carbocycles. The molecule has 0 aromatic rings. The molecule has 2 N–H and O–H groups in total. The lowest BCUT2D eigenvalue weighted by atomic mass is 10.1. The van der Waals surface area contributed by atoms with Crippen molar-refractivity contribution in [3.8, 4) is 0 Å². The number of sulfonamides is 1. The Morgan fingerprint density at radius 1 is 1.35 bits per heavy atom. The fourth-order valence-electron chi connectivity index (χ4n) is 1.91. The highest BCUT2D eigenvalue weighted by molar-refractivity contribution is 7.89. The quantitative estimate of drug-likeness (QED) is 0.605. The van der Waals surface area contributed by atoms with E-state index in [9.17, 15) is 13.2 Å². The van der Waals surface area contributed by atoms with Crippen LogP contribution in [0.2, 0.25) is 0 Å². The van der Waals surface area contributed by atoms with Gasteiger partial charge in [-0.1, -0.05) is 33.6 Å². The molecule has 0 aromatic heterocycles. The highest BCUT2D eigenvalue weighted by atomic mass is 32.2. The Hall–Kier alpha value is -0.660. The van der Waals surface area contributed by atoms with Crippen molar-refractivity contribution in [1.29, 1.82) is 0 Å². The van der Waals surface area contributed by atoms with Crippen LogP contribution in [0, 0.1) is 5.92 Å². The normalized spacial score (nSPS) is 15.2. The maximum absolute atomic E-state index is 12.0. The van der Waals surface area contributed by atoms with Gasteiger partial charge in [-0.15, -0.1) is 0 Å². The number of unbranched alkanes of at least 4 members (excludes halogenated alkanes) is 1. The van der Waals surface area contributed by atoms with Crippen molar-refractivity contribution in [2.24, 2.45) is 5.92 Å². The molecule has 0 radical (unpaired) electrons. The monoisotopic (exact) mass is 309 g/mol. The maximum atomic E-state index is 12.0. The molecule has 0 rings (SSSR count). The summed E-state index contributed by atoms with van der Waals surface area (Å²) < 4.78 is 31.4. The summed E-state index contributed by atoms with van der Waals surface area (Å²) in [4.78, 5) is 11.1. The van der Waals surface area contributed by atoms with Crippen molar-refractivity contribution in [3.05, 3.63) is 0 Å². The first-order valence-electron chi connectivity index (χ1n) is 6.97. The summed E-state index contributed by atoms with van der Waals surface area (Å²) in [7, 11) is -2.20. The van der Waals surface area contributed by atoms with Gasteiger partial charge in [0.1, 0.15) is 6.04 Å². The van der Waals surface area contributed by atoms with Crippen LogP contribution in [0.1, 0.15) is 46.5 Å². The fourth-order valence-corrected chi connectivity index (χ4v) is 3.42. The molecule has 0 amide bonds. The van der Waals surface area contributed by atoms with Gasteiger partial charge in [-0.3, -0.25) is 4.79 Å². The first-order chi connectivity index (χ1) is 9.21. The average Bonchev–Trinajstić information content (AvgIpc) is 2.32. The summed E-state index contributed by atoms with van der Waals surface area (Å²) in [5, 5.41) is 9.04. The zero-order valence-electron chi connectivity index (χ0n) is 12.8. The zero-order valence-corrected chi connectivity index (χ0v) is 13.6. The highest BCUT2D eigenvalue weighted by Crippen LogP contribution is 2.11. The number of carboxylic acids is 1. The van der Waals surface area contributed by atoms with Gasteiger partial charge in [-0.2, -0.15) is 0 Å². The molecule has 0 fully saturated rings. The molecule has 120 valence electrons. The van der Waals surface area contributed by atoms with Gasteiger partial charge in [0.15, 0.2) is 0 Å². The number of methoxy groups -OCH3 is 1. The molecule has 0 heterocycles. The van der Waals surface area contributed by atoms with Crippen LogP contribution in [-0.4, -0.2) is 44.5 Å². The van der Waals surface area contributed by atoms with Crippen molar-refractivity contribution in [1.82, 2.24) is 4.72 Å². The van der Waals surface area contributed by atoms with Crippen molar-refractivity contribution in [3.63, 3.8) is 0 Å². The lowest BCUT2D eigenvalue weighted by Crippen LogP contribution is -2.44. The van der Waals surface area contributed by atoms with Gasteiger partial charge in [0.05, 0.1) is 11.9 Å². The Morgan fingerprint density at radius 3 is 2.35 bits per heavy atom. The molecule has 0 aliphatic heterocycles. The number of carboxylic acid groups (broad SMARTS) is 1. The second kappa shape index (κ2) is 9.31. The number of hydrogen-bond acceptors (Lipinski definition) is 4. The number of carbonyl (C=O) groups is 1. The van der Waals surface area contributed by atoms with Crippen LogP contribution < -0.4 is 4.72 Å². The van der Waals surface area contributed by atoms with E-state index in [2.05, 4.69) is 4.72 Å². The second-order valence-corrected chi connectivity index (χ2v) is 7.22. The topological polar surface area (TPSA) is 92.7 Å². The third kappa shape index (κ3) is 8.50. The van der Waals surface area contributed by atoms with E-state index in [-0.39, 0.29) is 5.75 Å². The number of nitrogens with one attached hydrogen (secondary N) is 1. The van der Waals surface area contributed by atoms with E-state index < -0.39 is 28.1 Å². The predicted molar refractivity (Wildman–Crippen MR) is 78.1 cm³/mol. The van der Waals surface area contributed by atoms with Crippen LogP contribution in [0.4, 0.5) is 0 Å². The summed E-state index contributed by atoms with van der Waals surface area (Å²) in [5.41, 5.74) is 0. The van der Waals surface area contributed by atoms with E-state index in [1.54, 1.807) is 0 Å². The predicted octanol–water partition coefficient (Wildman–Crippen LogP) is 1.61. The molecule has 0 saturated heterocycles. The molecule has 0 bridgehead atoms. The lowest BCUT2D eigenvalue weighted by Gasteiger charge is -2.20. The van der Waals surface area contributed by atoms with Crippen LogP contribution in [0.25, 0.3) is 0 Å². The van der Waals surface area contributed by atoms with Crippen LogP contribution in [0.15, 0.2) is 0 Å². The first kappa shape index (κ1) is 19.3. The average molecular weight is 309 g/mol. The van der Waals surface area contributed by atoms with E-state index in [0.717, 1.165) is 6.42 Å². The highest BCUT2D eigenvalue weighted by Gasteiger charge is 2.26. The summed E-state index contributed by atoms with van der Waals surface area (Å²) in [6.45, 7) is 5.89. The van der Waals surface area contributed by atoms with Gasteiger partial charge < -0.3 is 9.84 Å². The van der Waals surface area contributed by atoms with Crippen LogP contribution >= 0.6 is 0 Å².